The molecule has 2 aromatic rings. The van der Waals surface area contributed by atoms with Crippen LogP contribution in [0.3, 0.4) is 0 Å². The molecule has 25 heavy (non-hydrogen) atoms. The minimum absolute atomic E-state index is 0.0158. The van der Waals surface area contributed by atoms with E-state index in [0.29, 0.717) is 42.3 Å². The van der Waals surface area contributed by atoms with Crippen molar-refractivity contribution >= 4 is 43.5 Å². The van der Waals surface area contributed by atoms with Crippen LogP contribution in [0.1, 0.15) is 17.5 Å². The average molecular weight is 470 g/mol. The number of benzene rings is 2. The molecule has 0 aliphatic carbocycles. The van der Waals surface area contributed by atoms with Gasteiger partial charge >= 0.3 is 0 Å². The molecule has 0 amide bonds. The molecule has 0 aliphatic rings. The van der Waals surface area contributed by atoms with E-state index in [0.717, 1.165) is 8.95 Å². The second-order valence-corrected chi connectivity index (χ2v) is 6.88. The first-order valence-corrected chi connectivity index (χ1v) is 9.00. The molecule has 2 rings (SSSR count). The number of nitrogens with one attached hydrogen (secondary N) is 2. The van der Waals surface area contributed by atoms with Gasteiger partial charge in [0.2, 0.25) is 0 Å². The minimum atomic E-state index is 0.0158. The van der Waals surface area contributed by atoms with Gasteiger partial charge in [0, 0.05) is 17.5 Å². The lowest BCUT2D eigenvalue weighted by Gasteiger charge is -2.11. The Kier molecular flexibility index (Phi) is 6.83. The Morgan fingerprint density at radius 2 is 1.20 bits per heavy atom. The first-order valence-electron chi connectivity index (χ1n) is 7.42. The van der Waals surface area contributed by atoms with Gasteiger partial charge in [0.1, 0.15) is 23.2 Å². The van der Waals surface area contributed by atoms with Crippen LogP contribution in [0.25, 0.3) is 0 Å². The summed E-state index contributed by atoms with van der Waals surface area (Å²) in [6.07, 6.45) is 0.696. The smallest absolute Gasteiger partial charge is 0.133 e. The van der Waals surface area contributed by atoms with Crippen molar-refractivity contribution < 1.29 is 9.47 Å². The summed E-state index contributed by atoms with van der Waals surface area (Å²) in [4.78, 5) is 0. The zero-order valence-corrected chi connectivity index (χ0v) is 16.5. The Balaban J connectivity index is 1.80. The van der Waals surface area contributed by atoms with Gasteiger partial charge in [-0.05, 0) is 68.3 Å². The molecule has 0 atom stereocenters. The minimum Gasteiger partial charge on any atom is -0.492 e. The number of ether oxygens (including phenoxy) is 2. The van der Waals surface area contributed by atoms with Crippen LogP contribution in [-0.4, -0.2) is 24.9 Å². The number of amidine groups is 2. The van der Waals surface area contributed by atoms with Gasteiger partial charge in [-0.3, -0.25) is 10.8 Å². The SMILES string of the molecule is N=C(N)c1ccc(OCCCOc2ccc(C(=N)N)cc2Br)c(Br)c1. The van der Waals surface area contributed by atoms with E-state index in [9.17, 15) is 0 Å². The van der Waals surface area contributed by atoms with Crippen LogP contribution >= 0.6 is 31.9 Å². The Morgan fingerprint density at radius 3 is 1.52 bits per heavy atom. The second kappa shape index (κ2) is 8.87. The number of nitrogen functional groups attached to an aromatic ring is 2. The molecule has 6 N–H and O–H groups in total. The number of halogens is 2. The molecule has 132 valence electrons. The molecule has 0 spiro atoms. The van der Waals surface area contributed by atoms with Gasteiger partial charge in [0.25, 0.3) is 0 Å². The van der Waals surface area contributed by atoms with Crippen LogP contribution in [0, 0.1) is 10.8 Å². The molecule has 2 aromatic carbocycles. The molecule has 0 aliphatic heterocycles. The normalized spacial score (nSPS) is 10.3. The van der Waals surface area contributed by atoms with E-state index >= 15 is 0 Å². The van der Waals surface area contributed by atoms with Crippen LogP contribution in [0.4, 0.5) is 0 Å². The van der Waals surface area contributed by atoms with E-state index in [4.69, 9.17) is 31.8 Å². The lowest BCUT2D eigenvalue weighted by Crippen LogP contribution is -2.11. The van der Waals surface area contributed by atoms with E-state index in [2.05, 4.69) is 31.9 Å². The molecule has 6 nitrogen and oxygen atoms in total. The topological polar surface area (TPSA) is 118 Å². The highest BCUT2D eigenvalue weighted by Crippen LogP contribution is 2.27. The highest BCUT2D eigenvalue weighted by molar-refractivity contribution is 9.10. The van der Waals surface area contributed by atoms with Gasteiger partial charge in [-0.15, -0.1) is 0 Å². The molecule has 0 saturated heterocycles. The lowest BCUT2D eigenvalue weighted by atomic mass is 10.2. The Hall–Kier alpha value is -2.06. The lowest BCUT2D eigenvalue weighted by molar-refractivity contribution is 0.246. The van der Waals surface area contributed by atoms with Gasteiger partial charge in [0.15, 0.2) is 0 Å². The van der Waals surface area contributed by atoms with Gasteiger partial charge in [-0.2, -0.15) is 0 Å². The fraction of sp³-hybridized carbons (Fsp3) is 0.176. The summed E-state index contributed by atoms with van der Waals surface area (Å²) in [6, 6.07) is 10.5. The summed E-state index contributed by atoms with van der Waals surface area (Å²) in [5.74, 6) is 1.41. The summed E-state index contributed by atoms with van der Waals surface area (Å²) in [7, 11) is 0. The predicted molar refractivity (Wildman–Crippen MR) is 106 cm³/mol. The Bertz CT molecular complexity index is 731. The van der Waals surface area contributed by atoms with Gasteiger partial charge in [-0.25, -0.2) is 0 Å². The Morgan fingerprint density at radius 1 is 0.800 bits per heavy atom. The van der Waals surface area contributed by atoms with Crippen molar-refractivity contribution in [2.45, 2.75) is 6.42 Å². The molecule has 8 heteroatoms. The fourth-order valence-electron chi connectivity index (χ4n) is 1.99. The van der Waals surface area contributed by atoms with Crippen LogP contribution in [0.15, 0.2) is 45.3 Å². The molecular weight excluding hydrogens is 452 g/mol. The van der Waals surface area contributed by atoms with Crippen molar-refractivity contribution in [2.75, 3.05) is 13.2 Å². The standard InChI is InChI=1S/C17H18Br2N4O2/c18-12-8-10(16(20)21)2-4-14(12)24-6-1-7-25-15-5-3-11(17(22)23)9-13(15)19/h2-5,8-9H,1,6-7H2,(H3,20,21)(H3,22,23). The third-order valence-corrected chi connectivity index (χ3v) is 4.53. The zero-order chi connectivity index (χ0) is 18.4. The number of hydrogen-bond donors (Lipinski definition) is 4. The van der Waals surface area contributed by atoms with Gasteiger partial charge < -0.3 is 20.9 Å². The molecular formula is C17H18Br2N4O2. The molecule has 0 unspecified atom stereocenters. The highest BCUT2D eigenvalue weighted by Gasteiger charge is 2.06. The van der Waals surface area contributed by atoms with Crippen LogP contribution < -0.4 is 20.9 Å². The van der Waals surface area contributed by atoms with Crippen molar-refractivity contribution in [1.29, 1.82) is 10.8 Å². The largest absolute Gasteiger partial charge is 0.492 e. The van der Waals surface area contributed by atoms with Crippen molar-refractivity contribution in [1.82, 2.24) is 0 Å². The van der Waals surface area contributed by atoms with E-state index < -0.39 is 0 Å². The van der Waals surface area contributed by atoms with Crippen LogP contribution in [-0.2, 0) is 0 Å². The highest BCUT2D eigenvalue weighted by atomic mass is 79.9. The average Bonchev–Trinajstić information content (AvgIpc) is 2.56. The first kappa shape index (κ1) is 19.3. The molecule has 0 saturated carbocycles. The quantitative estimate of drug-likeness (QED) is 0.268. The van der Waals surface area contributed by atoms with Gasteiger partial charge in [0.05, 0.1) is 22.2 Å². The zero-order valence-electron chi connectivity index (χ0n) is 13.3. The first-order chi connectivity index (χ1) is 11.9. The summed E-state index contributed by atoms with van der Waals surface area (Å²) < 4.78 is 12.9. The molecule has 0 radical (unpaired) electrons. The second-order valence-electron chi connectivity index (χ2n) is 5.17. The summed E-state index contributed by atoms with van der Waals surface area (Å²) in [5.41, 5.74) is 12.2. The summed E-state index contributed by atoms with van der Waals surface area (Å²) in [6.45, 7) is 0.975. The molecule has 0 heterocycles. The van der Waals surface area contributed by atoms with Crippen molar-refractivity contribution in [2.24, 2.45) is 11.5 Å². The van der Waals surface area contributed by atoms with E-state index in [1.807, 2.05) is 0 Å². The maximum Gasteiger partial charge on any atom is 0.133 e. The third-order valence-electron chi connectivity index (χ3n) is 3.29. The summed E-state index contributed by atoms with van der Waals surface area (Å²) >= 11 is 6.81. The monoisotopic (exact) mass is 468 g/mol. The number of nitrogens with two attached hydrogens (primary N) is 2. The van der Waals surface area contributed by atoms with E-state index in [1.165, 1.54) is 0 Å². The van der Waals surface area contributed by atoms with E-state index in [1.54, 1.807) is 36.4 Å². The third kappa shape index (κ3) is 5.47. The maximum absolute atomic E-state index is 7.41. The fourth-order valence-corrected chi connectivity index (χ4v) is 2.98. The van der Waals surface area contributed by atoms with E-state index in [-0.39, 0.29) is 11.7 Å². The summed E-state index contributed by atoms with van der Waals surface area (Å²) in [5, 5.41) is 14.8. The number of rotatable bonds is 8. The van der Waals surface area contributed by atoms with Crippen molar-refractivity contribution in [3.05, 3.63) is 56.5 Å². The molecule has 0 bridgehead atoms. The van der Waals surface area contributed by atoms with Crippen molar-refractivity contribution in [3.63, 3.8) is 0 Å². The predicted octanol–water partition coefficient (Wildman–Crippen LogP) is 3.63. The van der Waals surface area contributed by atoms with Gasteiger partial charge in [-0.1, -0.05) is 0 Å². The maximum atomic E-state index is 7.41. The van der Waals surface area contributed by atoms with Crippen molar-refractivity contribution in [3.8, 4) is 11.5 Å². The molecule has 0 aromatic heterocycles. The van der Waals surface area contributed by atoms with Crippen LogP contribution in [0.2, 0.25) is 0 Å². The Labute approximate surface area is 162 Å². The molecule has 0 fully saturated rings. The number of hydrogen-bond acceptors (Lipinski definition) is 4. The van der Waals surface area contributed by atoms with Crippen LogP contribution in [0.5, 0.6) is 11.5 Å².